The molecular weight excluding hydrogens is 447 g/mol. The van der Waals surface area contributed by atoms with E-state index in [0.29, 0.717) is 36.2 Å². The molecule has 0 radical (unpaired) electrons. The molecule has 0 fully saturated rings. The van der Waals surface area contributed by atoms with E-state index in [2.05, 4.69) is 17.4 Å². The summed E-state index contributed by atoms with van der Waals surface area (Å²) in [6.45, 7) is 3.05. The van der Waals surface area contributed by atoms with Gasteiger partial charge < -0.3 is 20.5 Å². The normalized spacial score (nSPS) is 17.5. The summed E-state index contributed by atoms with van der Waals surface area (Å²) in [6, 6.07) is 11.7. The number of ether oxygens (including phenoxy) is 2. The lowest BCUT2D eigenvalue weighted by Gasteiger charge is -2.34. The lowest BCUT2D eigenvalue weighted by molar-refractivity contribution is 0.144. The van der Waals surface area contributed by atoms with E-state index in [1.54, 1.807) is 13.0 Å². The van der Waals surface area contributed by atoms with Crippen LogP contribution in [0.15, 0.2) is 36.4 Å². The number of nitrogens with two attached hydrogens (primary N) is 1. The number of halogens is 3. The van der Waals surface area contributed by atoms with E-state index in [-0.39, 0.29) is 24.4 Å². The van der Waals surface area contributed by atoms with Crippen LogP contribution in [0.25, 0.3) is 0 Å². The molecule has 1 aliphatic carbocycles. The highest BCUT2D eigenvalue weighted by Gasteiger charge is 2.31. The molecule has 1 amide bonds. The smallest absolute Gasteiger partial charge is 0.407 e. The van der Waals surface area contributed by atoms with Gasteiger partial charge in [0.15, 0.2) is 0 Å². The first-order chi connectivity index (χ1) is 14.0. The van der Waals surface area contributed by atoms with Gasteiger partial charge in [-0.3, -0.25) is 0 Å². The third-order valence-corrected chi connectivity index (χ3v) is 5.87. The monoisotopic (exact) mass is 472 g/mol. The fraction of sp³-hybridized carbons (Fsp3) is 0.409. The number of amides is 1. The van der Waals surface area contributed by atoms with Gasteiger partial charge in [0, 0.05) is 18.5 Å². The molecule has 0 bridgehead atoms. The van der Waals surface area contributed by atoms with Crippen molar-refractivity contribution in [2.75, 3.05) is 19.8 Å². The van der Waals surface area contributed by atoms with Crippen LogP contribution in [0.3, 0.4) is 0 Å². The first kappa shape index (κ1) is 24.6. The van der Waals surface area contributed by atoms with Crippen molar-refractivity contribution < 1.29 is 14.3 Å². The van der Waals surface area contributed by atoms with Crippen LogP contribution in [0.1, 0.15) is 36.0 Å². The van der Waals surface area contributed by atoms with E-state index in [1.165, 1.54) is 11.1 Å². The van der Waals surface area contributed by atoms with Gasteiger partial charge in [0.05, 0.1) is 16.7 Å². The van der Waals surface area contributed by atoms with Crippen LogP contribution < -0.4 is 15.8 Å². The molecular formula is C22H27Cl3N2O3. The molecule has 164 valence electrons. The van der Waals surface area contributed by atoms with Crippen molar-refractivity contribution in [1.82, 2.24) is 5.32 Å². The number of hydrogen-bond acceptors (Lipinski definition) is 4. The molecule has 2 aromatic rings. The average molecular weight is 474 g/mol. The van der Waals surface area contributed by atoms with Crippen molar-refractivity contribution in [3.8, 4) is 5.75 Å². The maximum absolute atomic E-state index is 12.1. The fourth-order valence-corrected chi connectivity index (χ4v) is 4.13. The zero-order chi connectivity index (χ0) is 20.8. The number of benzene rings is 2. The van der Waals surface area contributed by atoms with E-state index in [9.17, 15) is 4.79 Å². The highest BCUT2D eigenvalue weighted by atomic mass is 35.5. The molecule has 2 aromatic carbocycles. The van der Waals surface area contributed by atoms with Gasteiger partial charge in [-0.25, -0.2) is 4.79 Å². The minimum Gasteiger partial charge on any atom is -0.492 e. The van der Waals surface area contributed by atoms with Crippen LogP contribution >= 0.6 is 35.6 Å². The fourth-order valence-electron chi connectivity index (χ4n) is 3.81. The van der Waals surface area contributed by atoms with Crippen LogP contribution in [-0.4, -0.2) is 31.9 Å². The van der Waals surface area contributed by atoms with Crippen molar-refractivity contribution in [3.05, 3.63) is 63.1 Å². The summed E-state index contributed by atoms with van der Waals surface area (Å²) >= 11 is 12.3. The van der Waals surface area contributed by atoms with Crippen LogP contribution in [0.5, 0.6) is 5.75 Å². The number of carbonyl (C=O) groups excluding carboxylic acids is 1. The molecule has 0 aliphatic heterocycles. The second kappa shape index (κ2) is 11.7. The lowest BCUT2D eigenvalue weighted by Crippen LogP contribution is -2.43. The minimum atomic E-state index is -0.393. The summed E-state index contributed by atoms with van der Waals surface area (Å²) < 4.78 is 10.8. The van der Waals surface area contributed by atoms with Crippen molar-refractivity contribution in [1.29, 1.82) is 0 Å². The highest BCUT2D eigenvalue weighted by molar-refractivity contribution is 6.42. The molecule has 0 heterocycles. The van der Waals surface area contributed by atoms with Gasteiger partial charge >= 0.3 is 6.09 Å². The molecule has 2 unspecified atom stereocenters. The Hall–Kier alpha value is -1.66. The molecule has 5 nitrogen and oxygen atoms in total. The summed E-state index contributed by atoms with van der Waals surface area (Å²) in [5.41, 5.74) is 9.05. The molecule has 8 heteroatoms. The summed E-state index contributed by atoms with van der Waals surface area (Å²) in [7, 11) is 0. The van der Waals surface area contributed by atoms with Crippen molar-refractivity contribution in [2.45, 2.75) is 38.1 Å². The maximum atomic E-state index is 12.1. The van der Waals surface area contributed by atoms with E-state index in [4.69, 9.17) is 38.4 Å². The standard InChI is InChI=1S/C22H26Cl2N2O3.ClH/c1-2-28-22(27)26-21-8-5-15-4-6-16(29-10-9-25)13-17(15)18(21)11-14-3-7-19(23)20(24)12-14;/h3-4,6-7,12-13,18,21H,2,5,8-11,25H2,1H3,(H,26,27);1H. The van der Waals surface area contributed by atoms with Crippen molar-refractivity contribution in [3.63, 3.8) is 0 Å². The zero-order valence-electron chi connectivity index (χ0n) is 16.8. The van der Waals surface area contributed by atoms with Crippen LogP contribution in [-0.2, 0) is 17.6 Å². The Balaban J connectivity index is 0.00000320. The van der Waals surface area contributed by atoms with Crippen molar-refractivity contribution in [2.24, 2.45) is 5.73 Å². The van der Waals surface area contributed by atoms with Crippen LogP contribution in [0, 0.1) is 0 Å². The molecule has 0 saturated carbocycles. The van der Waals surface area contributed by atoms with Crippen LogP contribution in [0.2, 0.25) is 10.0 Å². The molecule has 2 atom stereocenters. The molecule has 0 spiro atoms. The quantitative estimate of drug-likeness (QED) is 0.584. The number of nitrogens with one attached hydrogen (secondary N) is 1. The maximum Gasteiger partial charge on any atom is 0.407 e. The van der Waals surface area contributed by atoms with E-state index in [1.807, 2.05) is 18.2 Å². The molecule has 3 rings (SSSR count). The number of aryl methyl sites for hydroxylation is 1. The van der Waals surface area contributed by atoms with Crippen molar-refractivity contribution >= 4 is 41.7 Å². The van der Waals surface area contributed by atoms with E-state index < -0.39 is 6.09 Å². The summed E-state index contributed by atoms with van der Waals surface area (Å²) in [5, 5.41) is 4.09. The molecule has 0 saturated heterocycles. The summed E-state index contributed by atoms with van der Waals surface area (Å²) in [4.78, 5) is 12.1. The first-order valence-corrected chi connectivity index (χ1v) is 10.6. The molecule has 3 N–H and O–H groups in total. The third kappa shape index (κ3) is 6.17. The minimum absolute atomic E-state index is 0. The molecule has 30 heavy (non-hydrogen) atoms. The number of carbonyl (C=O) groups is 1. The first-order valence-electron chi connectivity index (χ1n) is 9.84. The predicted molar refractivity (Wildman–Crippen MR) is 123 cm³/mol. The van der Waals surface area contributed by atoms with Gasteiger partial charge in [0.1, 0.15) is 12.4 Å². The zero-order valence-corrected chi connectivity index (χ0v) is 19.2. The Kier molecular flexibility index (Phi) is 9.56. The molecule has 0 aromatic heterocycles. The lowest BCUT2D eigenvalue weighted by atomic mass is 9.76. The van der Waals surface area contributed by atoms with Gasteiger partial charge in [-0.15, -0.1) is 12.4 Å². The van der Waals surface area contributed by atoms with E-state index in [0.717, 1.165) is 24.2 Å². The SMILES string of the molecule is CCOC(=O)NC1CCc2ccc(OCCN)cc2C1Cc1ccc(Cl)c(Cl)c1.Cl. The Labute approximate surface area is 193 Å². The number of hydrogen-bond donors (Lipinski definition) is 2. The Bertz CT molecular complexity index is 864. The molecule has 1 aliphatic rings. The third-order valence-electron chi connectivity index (χ3n) is 5.13. The van der Waals surface area contributed by atoms with Gasteiger partial charge in [0.2, 0.25) is 0 Å². The summed E-state index contributed by atoms with van der Waals surface area (Å²) in [6.07, 6.45) is 2.03. The second-order valence-electron chi connectivity index (χ2n) is 7.07. The van der Waals surface area contributed by atoms with Gasteiger partial charge in [0.25, 0.3) is 0 Å². The largest absolute Gasteiger partial charge is 0.492 e. The topological polar surface area (TPSA) is 73.6 Å². The van der Waals surface area contributed by atoms with E-state index >= 15 is 0 Å². The predicted octanol–water partition coefficient (Wildman–Crippen LogP) is 5.14. The number of rotatable bonds is 7. The second-order valence-corrected chi connectivity index (χ2v) is 7.88. The average Bonchev–Trinajstić information content (AvgIpc) is 2.71. The van der Waals surface area contributed by atoms with Gasteiger partial charge in [-0.05, 0) is 67.1 Å². The Morgan fingerprint density at radius 2 is 2.00 bits per heavy atom. The van der Waals surface area contributed by atoms with Crippen LogP contribution in [0.4, 0.5) is 4.79 Å². The van der Waals surface area contributed by atoms with Gasteiger partial charge in [-0.2, -0.15) is 0 Å². The number of alkyl carbamates (subject to hydrolysis) is 1. The highest BCUT2D eigenvalue weighted by Crippen LogP contribution is 2.37. The Morgan fingerprint density at radius 1 is 1.20 bits per heavy atom. The number of fused-ring (bicyclic) bond motifs is 1. The summed E-state index contributed by atoms with van der Waals surface area (Å²) in [5.74, 6) is 0.840. The van der Waals surface area contributed by atoms with Gasteiger partial charge in [-0.1, -0.05) is 35.3 Å². The Morgan fingerprint density at radius 3 is 2.70 bits per heavy atom.